The summed E-state index contributed by atoms with van der Waals surface area (Å²) in [5.74, 6) is -3.21. The van der Waals surface area contributed by atoms with Gasteiger partial charge in [-0.15, -0.1) is 0 Å². The van der Waals surface area contributed by atoms with E-state index in [2.05, 4.69) is 0 Å². The second-order valence-corrected chi connectivity index (χ2v) is 4.19. The molecule has 0 aliphatic carbocycles. The molecule has 0 amide bonds. The number of hydrogen-bond acceptors (Lipinski definition) is 2. The molecule has 0 unspecified atom stereocenters. The molecule has 1 saturated heterocycles. The Morgan fingerprint density at radius 2 is 2.27 bits per heavy atom. The highest BCUT2D eigenvalue weighted by Crippen LogP contribution is 2.33. The van der Waals surface area contributed by atoms with Crippen molar-refractivity contribution in [1.29, 1.82) is 0 Å². The summed E-state index contributed by atoms with van der Waals surface area (Å²) in [6.45, 7) is 0.658. The molecule has 1 aliphatic rings. The zero-order valence-electron chi connectivity index (χ0n) is 6.06. The molecule has 0 radical (unpaired) electrons. The average molecular weight is 276 g/mol. The van der Waals surface area contributed by atoms with Gasteiger partial charge in [-0.25, -0.2) is 11.9 Å². The van der Waals surface area contributed by atoms with Gasteiger partial charge in [0.1, 0.15) is 0 Å². The van der Waals surface area contributed by atoms with E-state index < -0.39 is 11.8 Å². The lowest BCUT2D eigenvalue weighted by molar-refractivity contribution is -0.0842. The van der Waals surface area contributed by atoms with E-state index in [0.29, 0.717) is 6.42 Å². The molecule has 2 N–H and O–H groups in total. The van der Waals surface area contributed by atoms with Crippen LogP contribution in [-0.4, -0.2) is 28.7 Å². The van der Waals surface area contributed by atoms with Gasteiger partial charge in [-0.05, 0) is 6.42 Å². The van der Waals surface area contributed by atoms with Crippen molar-refractivity contribution in [3.8, 4) is 0 Å². The number of nitrogens with two attached hydrogens (primary N) is 1. The van der Waals surface area contributed by atoms with E-state index >= 15 is 0 Å². The third kappa shape index (κ3) is 2.22. The van der Waals surface area contributed by atoms with Gasteiger partial charge in [0.15, 0.2) is 0 Å². The van der Waals surface area contributed by atoms with Gasteiger partial charge in [0.05, 0.1) is 6.54 Å². The van der Waals surface area contributed by atoms with Gasteiger partial charge in [-0.3, -0.25) is 0 Å². The van der Waals surface area contributed by atoms with Crippen LogP contribution in [0, 0.1) is 5.92 Å². The maximum absolute atomic E-state index is 13.0. The first kappa shape index (κ1) is 9.60. The Morgan fingerprint density at radius 3 is 2.73 bits per heavy atom. The fraction of sp³-hybridized carbons (Fsp3) is 1.00. The third-order valence-electron chi connectivity index (χ3n) is 1.98. The quantitative estimate of drug-likeness (QED) is 0.577. The molecule has 0 aromatic heterocycles. The molecule has 5 heteroatoms. The van der Waals surface area contributed by atoms with Gasteiger partial charge in [0.25, 0.3) is 5.92 Å². The van der Waals surface area contributed by atoms with Gasteiger partial charge >= 0.3 is 0 Å². The van der Waals surface area contributed by atoms with Crippen molar-refractivity contribution in [1.82, 2.24) is 3.11 Å². The number of nitrogens with zero attached hydrogens (tertiary/aromatic N) is 1. The maximum Gasteiger partial charge on any atom is 0.265 e. The van der Waals surface area contributed by atoms with Crippen molar-refractivity contribution in [2.75, 3.05) is 19.6 Å². The molecule has 1 aliphatic heterocycles. The summed E-state index contributed by atoms with van der Waals surface area (Å²) in [4.78, 5) is 0. The van der Waals surface area contributed by atoms with Crippen molar-refractivity contribution in [2.45, 2.75) is 12.3 Å². The Morgan fingerprint density at radius 1 is 1.64 bits per heavy atom. The van der Waals surface area contributed by atoms with Crippen LogP contribution in [-0.2, 0) is 0 Å². The lowest BCUT2D eigenvalue weighted by Gasteiger charge is -2.34. The zero-order valence-corrected chi connectivity index (χ0v) is 8.22. The molecule has 0 saturated carbocycles. The van der Waals surface area contributed by atoms with Crippen molar-refractivity contribution in [2.24, 2.45) is 11.7 Å². The van der Waals surface area contributed by atoms with Crippen LogP contribution in [0.3, 0.4) is 0 Å². The van der Waals surface area contributed by atoms with Crippen LogP contribution >= 0.6 is 22.9 Å². The van der Waals surface area contributed by atoms with Gasteiger partial charge in [-0.1, -0.05) is 0 Å². The monoisotopic (exact) mass is 276 g/mol. The molecular formula is C6H11F2IN2. The Kier molecular flexibility index (Phi) is 3.04. The Hall–Kier alpha value is 0.510. The minimum absolute atomic E-state index is 0.0947. The Labute approximate surface area is 78.6 Å². The maximum atomic E-state index is 13.0. The number of piperidine rings is 1. The topological polar surface area (TPSA) is 29.3 Å². The number of halogens is 3. The average Bonchev–Trinajstić information content (AvgIpc) is 1.85. The predicted octanol–water partition coefficient (Wildman–Crippen LogP) is 1.25. The minimum Gasteiger partial charge on any atom is -0.330 e. The highest BCUT2D eigenvalue weighted by molar-refractivity contribution is 14.1. The molecule has 0 spiro atoms. The van der Waals surface area contributed by atoms with Crippen molar-refractivity contribution < 1.29 is 8.78 Å². The van der Waals surface area contributed by atoms with E-state index in [0.717, 1.165) is 6.54 Å². The normalized spacial score (nSPS) is 32.2. The summed E-state index contributed by atoms with van der Waals surface area (Å²) in [7, 11) is 0. The lowest BCUT2D eigenvalue weighted by Crippen LogP contribution is -2.47. The molecule has 1 heterocycles. The van der Waals surface area contributed by atoms with Crippen LogP contribution in [0.25, 0.3) is 0 Å². The SMILES string of the molecule is NC[C@@H]1CCN(I)CC1(F)F. The summed E-state index contributed by atoms with van der Waals surface area (Å²) < 4.78 is 27.6. The molecule has 1 fully saturated rings. The van der Waals surface area contributed by atoms with E-state index in [1.165, 1.54) is 0 Å². The molecule has 0 aromatic rings. The third-order valence-corrected chi connectivity index (χ3v) is 2.81. The molecule has 2 nitrogen and oxygen atoms in total. The van der Waals surface area contributed by atoms with E-state index in [4.69, 9.17) is 5.73 Å². The second kappa shape index (κ2) is 3.49. The van der Waals surface area contributed by atoms with Gasteiger partial charge in [0.2, 0.25) is 0 Å². The highest BCUT2D eigenvalue weighted by Gasteiger charge is 2.42. The largest absolute Gasteiger partial charge is 0.330 e. The van der Waals surface area contributed by atoms with E-state index in [9.17, 15) is 8.78 Å². The van der Waals surface area contributed by atoms with Crippen LogP contribution < -0.4 is 5.73 Å². The van der Waals surface area contributed by atoms with E-state index in [1.807, 2.05) is 22.9 Å². The first-order chi connectivity index (χ1) is 5.06. The summed E-state index contributed by atoms with van der Waals surface area (Å²) in [6, 6.07) is 0. The standard InChI is InChI=1S/C6H11F2IN2/c7-6(8)4-11(9)2-1-5(6)3-10/h5H,1-4,10H2/t5-/m0/s1. The van der Waals surface area contributed by atoms with Crippen molar-refractivity contribution in [3.63, 3.8) is 0 Å². The van der Waals surface area contributed by atoms with Gasteiger partial charge < -0.3 is 5.73 Å². The smallest absolute Gasteiger partial charge is 0.265 e. The molecule has 0 bridgehead atoms. The van der Waals surface area contributed by atoms with E-state index in [-0.39, 0.29) is 13.1 Å². The fourth-order valence-electron chi connectivity index (χ4n) is 1.23. The van der Waals surface area contributed by atoms with Crippen molar-refractivity contribution >= 4 is 22.9 Å². The molecule has 0 aromatic carbocycles. The van der Waals surface area contributed by atoms with Crippen LogP contribution in [0.1, 0.15) is 6.42 Å². The molecule has 11 heavy (non-hydrogen) atoms. The minimum atomic E-state index is -2.59. The van der Waals surface area contributed by atoms with Crippen LogP contribution in [0.5, 0.6) is 0 Å². The Balaban J connectivity index is 2.56. The van der Waals surface area contributed by atoms with Crippen LogP contribution in [0.2, 0.25) is 0 Å². The van der Waals surface area contributed by atoms with E-state index in [1.54, 1.807) is 3.11 Å². The summed E-state index contributed by atoms with van der Waals surface area (Å²) in [5, 5.41) is 0. The fourth-order valence-corrected chi connectivity index (χ4v) is 1.97. The Bertz CT molecular complexity index is 143. The predicted molar refractivity (Wildman–Crippen MR) is 47.7 cm³/mol. The molecular weight excluding hydrogens is 265 g/mol. The zero-order chi connectivity index (χ0) is 8.48. The first-order valence-corrected chi connectivity index (χ1v) is 4.51. The highest BCUT2D eigenvalue weighted by atomic mass is 127. The summed E-state index contributed by atoms with van der Waals surface area (Å²) in [6.07, 6.45) is 0.506. The van der Waals surface area contributed by atoms with Gasteiger partial charge in [0, 0.05) is 41.9 Å². The molecule has 1 atom stereocenters. The lowest BCUT2D eigenvalue weighted by atomic mass is 9.94. The summed E-state index contributed by atoms with van der Waals surface area (Å²) in [5.41, 5.74) is 5.22. The number of alkyl halides is 2. The van der Waals surface area contributed by atoms with Crippen LogP contribution in [0.4, 0.5) is 8.78 Å². The number of hydrogen-bond donors (Lipinski definition) is 1. The first-order valence-electron chi connectivity index (χ1n) is 3.55. The molecule has 66 valence electrons. The van der Waals surface area contributed by atoms with Crippen LogP contribution in [0.15, 0.2) is 0 Å². The second-order valence-electron chi connectivity index (χ2n) is 2.83. The number of rotatable bonds is 1. The van der Waals surface area contributed by atoms with Crippen molar-refractivity contribution in [3.05, 3.63) is 0 Å². The summed E-state index contributed by atoms with van der Waals surface area (Å²) >= 11 is 1.92. The van der Waals surface area contributed by atoms with Gasteiger partial charge in [-0.2, -0.15) is 0 Å². The molecule has 1 rings (SSSR count).